The predicted octanol–water partition coefficient (Wildman–Crippen LogP) is 4.75. The molecule has 2 heteroatoms. The second-order valence-corrected chi connectivity index (χ2v) is 6.57. The van der Waals surface area contributed by atoms with E-state index in [-0.39, 0.29) is 0 Å². The second-order valence-electron chi connectivity index (χ2n) is 6.57. The van der Waals surface area contributed by atoms with Crippen LogP contribution in [0, 0.1) is 5.92 Å². The van der Waals surface area contributed by atoms with Crippen LogP contribution in [0.25, 0.3) is 0 Å². The fourth-order valence-corrected chi connectivity index (χ4v) is 3.43. The third-order valence-corrected chi connectivity index (χ3v) is 4.57. The molecule has 0 heterocycles. The van der Waals surface area contributed by atoms with Gasteiger partial charge in [-0.05, 0) is 55.8 Å². The maximum atomic E-state index is 5.57. The number of ether oxygens (including phenoxy) is 1. The number of hydrogen-bond acceptors (Lipinski definition) is 2. The molecule has 21 heavy (non-hydrogen) atoms. The van der Waals surface area contributed by atoms with Crippen LogP contribution >= 0.6 is 0 Å². The van der Waals surface area contributed by atoms with Crippen molar-refractivity contribution in [1.82, 2.24) is 5.32 Å². The number of hydrogen-bond donors (Lipinski definition) is 1. The van der Waals surface area contributed by atoms with Gasteiger partial charge in [-0.3, -0.25) is 0 Å². The van der Waals surface area contributed by atoms with E-state index >= 15 is 0 Å². The largest absolute Gasteiger partial charge is 0.494 e. The zero-order valence-electron chi connectivity index (χ0n) is 13.9. The molecule has 0 aliphatic heterocycles. The average molecular weight is 289 g/mol. The Morgan fingerprint density at radius 2 is 1.81 bits per heavy atom. The summed E-state index contributed by atoms with van der Waals surface area (Å²) in [7, 11) is 0. The lowest BCUT2D eigenvalue weighted by Gasteiger charge is -2.27. The van der Waals surface area contributed by atoms with E-state index < -0.39 is 0 Å². The molecule has 0 saturated heterocycles. The maximum Gasteiger partial charge on any atom is 0.119 e. The van der Waals surface area contributed by atoms with Crippen LogP contribution < -0.4 is 10.1 Å². The fraction of sp³-hybridized carbons (Fsp3) is 0.684. The van der Waals surface area contributed by atoms with Crippen molar-refractivity contribution in [3.63, 3.8) is 0 Å². The van der Waals surface area contributed by atoms with Gasteiger partial charge in [-0.2, -0.15) is 0 Å². The summed E-state index contributed by atoms with van der Waals surface area (Å²) in [6.07, 6.45) is 6.84. The Morgan fingerprint density at radius 1 is 1.10 bits per heavy atom. The van der Waals surface area contributed by atoms with E-state index in [0.717, 1.165) is 24.8 Å². The van der Waals surface area contributed by atoms with Gasteiger partial charge < -0.3 is 10.1 Å². The molecular weight excluding hydrogens is 258 g/mol. The van der Waals surface area contributed by atoms with Crippen LogP contribution in [-0.4, -0.2) is 19.2 Å². The van der Waals surface area contributed by atoms with E-state index in [4.69, 9.17) is 4.74 Å². The van der Waals surface area contributed by atoms with Crippen molar-refractivity contribution in [1.29, 1.82) is 0 Å². The van der Waals surface area contributed by atoms with Gasteiger partial charge in [0, 0.05) is 6.04 Å². The van der Waals surface area contributed by atoms with E-state index in [0.29, 0.717) is 12.0 Å². The first kappa shape index (κ1) is 16.4. The van der Waals surface area contributed by atoms with E-state index in [1.54, 1.807) is 0 Å². The number of benzene rings is 1. The summed E-state index contributed by atoms with van der Waals surface area (Å²) in [6, 6.07) is 9.41. The lowest BCUT2D eigenvalue weighted by atomic mass is 9.82. The molecule has 1 aliphatic rings. The predicted molar refractivity (Wildman–Crippen MR) is 90.1 cm³/mol. The molecule has 2 atom stereocenters. The highest BCUT2D eigenvalue weighted by Crippen LogP contribution is 2.36. The summed E-state index contributed by atoms with van der Waals surface area (Å²) in [4.78, 5) is 0. The van der Waals surface area contributed by atoms with Gasteiger partial charge in [-0.1, -0.05) is 45.2 Å². The van der Waals surface area contributed by atoms with Crippen molar-refractivity contribution < 1.29 is 4.74 Å². The fourth-order valence-electron chi connectivity index (χ4n) is 3.43. The van der Waals surface area contributed by atoms with Crippen LogP contribution in [0.3, 0.4) is 0 Å². The number of nitrogens with one attached hydrogen (secondary N) is 1. The van der Waals surface area contributed by atoms with Crippen LogP contribution in [0.4, 0.5) is 0 Å². The molecule has 2 unspecified atom stereocenters. The van der Waals surface area contributed by atoms with Gasteiger partial charge in [0.25, 0.3) is 0 Å². The smallest absolute Gasteiger partial charge is 0.119 e. The van der Waals surface area contributed by atoms with Gasteiger partial charge >= 0.3 is 0 Å². The van der Waals surface area contributed by atoms with Gasteiger partial charge in [-0.15, -0.1) is 0 Å². The number of rotatable bonds is 6. The highest BCUT2D eigenvalue weighted by molar-refractivity contribution is 5.30. The van der Waals surface area contributed by atoms with Gasteiger partial charge in [0.05, 0.1) is 6.61 Å². The Hall–Kier alpha value is -1.02. The third kappa shape index (κ3) is 5.03. The minimum atomic E-state index is 0.578. The van der Waals surface area contributed by atoms with Crippen LogP contribution in [0.15, 0.2) is 24.3 Å². The first-order chi connectivity index (χ1) is 10.2. The third-order valence-electron chi connectivity index (χ3n) is 4.57. The zero-order chi connectivity index (χ0) is 15.1. The Balaban J connectivity index is 2.07. The molecule has 0 bridgehead atoms. The van der Waals surface area contributed by atoms with Crippen molar-refractivity contribution in [2.45, 2.75) is 64.8 Å². The molecule has 1 aromatic rings. The summed E-state index contributed by atoms with van der Waals surface area (Å²) in [5.41, 5.74) is 1.50. The quantitative estimate of drug-likeness (QED) is 0.763. The van der Waals surface area contributed by atoms with Crippen LogP contribution in [0.1, 0.15) is 64.4 Å². The lowest BCUT2D eigenvalue weighted by molar-refractivity contribution is 0.339. The molecule has 0 amide bonds. The molecule has 1 N–H and O–H groups in total. The summed E-state index contributed by atoms with van der Waals surface area (Å²) < 4.78 is 5.57. The zero-order valence-corrected chi connectivity index (χ0v) is 13.9. The summed E-state index contributed by atoms with van der Waals surface area (Å²) in [5, 5.41) is 3.65. The molecule has 1 aromatic carbocycles. The minimum Gasteiger partial charge on any atom is -0.494 e. The molecule has 1 saturated carbocycles. The van der Waals surface area contributed by atoms with Gasteiger partial charge in [-0.25, -0.2) is 0 Å². The average Bonchev–Trinajstić information content (AvgIpc) is 2.71. The van der Waals surface area contributed by atoms with E-state index in [2.05, 4.69) is 43.4 Å². The molecule has 0 spiro atoms. The molecule has 0 aromatic heterocycles. The Labute approximate surface area is 130 Å². The highest BCUT2D eigenvalue weighted by atomic mass is 16.5. The molecular formula is C19H31NO. The van der Waals surface area contributed by atoms with Gasteiger partial charge in [0.2, 0.25) is 0 Å². The lowest BCUT2D eigenvalue weighted by Crippen LogP contribution is -2.31. The van der Waals surface area contributed by atoms with Crippen LogP contribution in [0.2, 0.25) is 0 Å². The summed E-state index contributed by atoms with van der Waals surface area (Å²) >= 11 is 0. The van der Waals surface area contributed by atoms with Gasteiger partial charge in [0.15, 0.2) is 0 Å². The van der Waals surface area contributed by atoms with Crippen molar-refractivity contribution in [2.24, 2.45) is 5.92 Å². The molecule has 2 nitrogen and oxygen atoms in total. The topological polar surface area (TPSA) is 21.3 Å². The van der Waals surface area contributed by atoms with Crippen molar-refractivity contribution in [2.75, 3.05) is 13.2 Å². The first-order valence-electron chi connectivity index (χ1n) is 8.66. The van der Waals surface area contributed by atoms with Crippen molar-refractivity contribution in [3.05, 3.63) is 29.8 Å². The highest BCUT2D eigenvalue weighted by Gasteiger charge is 2.25. The summed E-state index contributed by atoms with van der Waals surface area (Å²) in [6.45, 7) is 8.40. The van der Waals surface area contributed by atoms with Gasteiger partial charge in [0.1, 0.15) is 5.75 Å². The van der Waals surface area contributed by atoms with E-state index in [1.807, 2.05) is 6.92 Å². The Kier molecular flexibility index (Phi) is 6.56. The first-order valence-corrected chi connectivity index (χ1v) is 8.66. The minimum absolute atomic E-state index is 0.578. The van der Waals surface area contributed by atoms with Crippen molar-refractivity contribution in [3.8, 4) is 5.75 Å². The maximum absolute atomic E-state index is 5.57. The van der Waals surface area contributed by atoms with Crippen molar-refractivity contribution >= 4 is 0 Å². The van der Waals surface area contributed by atoms with Crippen LogP contribution in [-0.2, 0) is 0 Å². The standard InChI is InChI=1S/C19H31NO/c1-4-21-18-12-10-16(11-13-18)19-9-7-5-6-8-17(19)14-20-15(2)3/h10-13,15,17,19-20H,4-9,14H2,1-3H3. The molecule has 1 fully saturated rings. The van der Waals surface area contributed by atoms with E-state index in [1.165, 1.54) is 37.7 Å². The summed E-state index contributed by atoms with van der Waals surface area (Å²) in [5.74, 6) is 2.47. The molecule has 1 aliphatic carbocycles. The molecule has 118 valence electrons. The molecule has 2 rings (SSSR count). The second kappa shape index (κ2) is 8.43. The van der Waals surface area contributed by atoms with Crippen LogP contribution in [0.5, 0.6) is 5.75 Å². The Bertz CT molecular complexity index is 399. The monoisotopic (exact) mass is 289 g/mol. The molecule has 0 radical (unpaired) electrons. The normalized spacial score (nSPS) is 23.0. The Morgan fingerprint density at radius 3 is 2.48 bits per heavy atom. The SMILES string of the molecule is CCOc1ccc(C2CCCCCC2CNC(C)C)cc1. The van der Waals surface area contributed by atoms with E-state index in [9.17, 15) is 0 Å².